The van der Waals surface area contributed by atoms with E-state index in [2.05, 4.69) is 21.2 Å². The van der Waals surface area contributed by atoms with Crippen LogP contribution in [0.4, 0.5) is 0 Å². The van der Waals surface area contributed by atoms with Gasteiger partial charge in [-0.05, 0) is 18.2 Å². The quantitative estimate of drug-likeness (QED) is 0.819. The predicted molar refractivity (Wildman–Crippen MR) is 80.5 cm³/mol. The van der Waals surface area contributed by atoms with Gasteiger partial charge in [0.05, 0.1) is 18.4 Å². The van der Waals surface area contributed by atoms with Crippen LogP contribution in [0, 0.1) is 0 Å². The number of ether oxygens (including phenoxy) is 1. The minimum Gasteiger partial charge on any atom is -0.496 e. The van der Waals surface area contributed by atoms with E-state index >= 15 is 0 Å². The number of carbonyl (C=O) groups is 1. The summed E-state index contributed by atoms with van der Waals surface area (Å²) in [6, 6.07) is 5.00. The van der Waals surface area contributed by atoms with Gasteiger partial charge in [-0.3, -0.25) is 4.79 Å². The molecule has 0 saturated carbocycles. The molecule has 1 N–H and O–H groups in total. The second kappa shape index (κ2) is 7.05. The highest BCUT2D eigenvalue weighted by atomic mass is 79.9. The van der Waals surface area contributed by atoms with Crippen LogP contribution in [-0.2, 0) is 10.0 Å². The Balaban J connectivity index is 2.69. The molecular formula is C12H17BrN2O4S. The summed E-state index contributed by atoms with van der Waals surface area (Å²) >= 11 is 3.28. The first-order valence-corrected chi connectivity index (χ1v) is 8.20. The molecule has 0 bridgehead atoms. The topological polar surface area (TPSA) is 75.7 Å². The second-order valence-corrected chi connectivity index (χ2v) is 7.42. The standard InChI is InChI=1S/C12H17BrN2O4S/c1-15(2)20(17,18)7-6-14-12(16)10-5-4-9(13)8-11(10)19-3/h4-5,8H,6-7H2,1-3H3,(H,14,16). The van der Waals surface area contributed by atoms with Gasteiger partial charge in [0.1, 0.15) is 5.75 Å². The zero-order valence-electron chi connectivity index (χ0n) is 11.5. The van der Waals surface area contributed by atoms with Gasteiger partial charge in [0.15, 0.2) is 0 Å². The number of hydrogen-bond donors (Lipinski definition) is 1. The number of benzene rings is 1. The van der Waals surface area contributed by atoms with Crippen molar-refractivity contribution in [3.63, 3.8) is 0 Å². The summed E-state index contributed by atoms with van der Waals surface area (Å²) in [5.41, 5.74) is 0.359. The molecule has 1 amide bonds. The smallest absolute Gasteiger partial charge is 0.255 e. The van der Waals surface area contributed by atoms with Crippen LogP contribution in [0.25, 0.3) is 0 Å². The molecule has 0 radical (unpaired) electrons. The van der Waals surface area contributed by atoms with Gasteiger partial charge in [-0.25, -0.2) is 12.7 Å². The fourth-order valence-corrected chi connectivity index (χ4v) is 2.49. The van der Waals surface area contributed by atoms with Gasteiger partial charge in [-0.15, -0.1) is 0 Å². The lowest BCUT2D eigenvalue weighted by molar-refractivity contribution is 0.0953. The minimum absolute atomic E-state index is 0.0402. The zero-order chi connectivity index (χ0) is 15.3. The number of nitrogens with one attached hydrogen (secondary N) is 1. The van der Waals surface area contributed by atoms with E-state index in [0.717, 1.165) is 8.78 Å². The van der Waals surface area contributed by atoms with E-state index < -0.39 is 10.0 Å². The summed E-state index contributed by atoms with van der Waals surface area (Å²) < 4.78 is 30.2. The minimum atomic E-state index is -3.32. The molecule has 20 heavy (non-hydrogen) atoms. The lowest BCUT2D eigenvalue weighted by Gasteiger charge is -2.12. The molecule has 0 heterocycles. The molecule has 0 aliphatic carbocycles. The fourth-order valence-electron chi connectivity index (χ4n) is 1.42. The number of rotatable bonds is 6. The summed E-state index contributed by atoms with van der Waals surface area (Å²) in [7, 11) is 1.06. The molecular weight excluding hydrogens is 348 g/mol. The van der Waals surface area contributed by atoms with Crippen LogP contribution < -0.4 is 10.1 Å². The normalized spacial score (nSPS) is 11.4. The van der Waals surface area contributed by atoms with Gasteiger partial charge < -0.3 is 10.1 Å². The van der Waals surface area contributed by atoms with Crippen molar-refractivity contribution in [2.24, 2.45) is 0 Å². The molecule has 0 aliphatic heterocycles. The van der Waals surface area contributed by atoms with Crippen molar-refractivity contribution < 1.29 is 17.9 Å². The molecule has 0 atom stereocenters. The molecule has 0 unspecified atom stereocenters. The Labute approximate surface area is 127 Å². The van der Waals surface area contributed by atoms with E-state index in [1.54, 1.807) is 18.2 Å². The van der Waals surface area contributed by atoms with E-state index in [0.29, 0.717) is 11.3 Å². The highest BCUT2D eigenvalue weighted by Crippen LogP contribution is 2.23. The Morgan fingerprint density at radius 3 is 2.60 bits per heavy atom. The fraction of sp³-hybridized carbons (Fsp3) is 0.417. The van der Waals surface area contributed by atoms with Crippen molar-refractivity contribution in [3.05, 3.63) is 28.2 Å². The number of nitrogens with zero attached hydrogens (tertiary/aromatic N) is 1. The molecule has 1 aromatic rings. The Morgan fingerprint density at radius 1 is 1.40 bits per heavy atom. The second-order valence-electron chi connectivity index (χ2n) is 4.20. The van der Waals surface area contributed by atoms with Gasteiger partial charge in [0, 0.05) is 25.1 Å². The summed E-state index contributed by atoms with van der Waals surface area (Å²) in [4.78, 5) is 12.0. The molecule has 0 saturated heterocycles. The monoisotopic (exact) mass is 364 g/mol. The average molecular weight is 365 g/mol. The summed E-state index contributed by atoms with van der Waals surface area (Å²) in [6.45, 7) is 0.0402. The van der Waals surface area contributed by atoms with E-state index in [9.17, 15) is 13.2 Å². The summed E-state index contributed by atoms with van der Waals surface area (Å²) in [5, 5.41) is 2.56. The van der Waals surface area contributed by atoms with E-state index in [-0.39, 0.29) is 18.2 Å². The van der Waals surface area contributed by atoms with E-state index in [1.165, 1.54) is 21.2 Å². The lowest BCUT2D eigenvalue weighted by Crippen LogP contribution is -2.34. The number of halogens is 1. The maximum Gasteiger partial charge on any atom is 0.255 e. The number of sulfonamides is 1. The average Bonchev–Trinajstić information content (AvgIpc) is 2.37. The third-order valence-corrected chi connectivity index (χ3v) is 4.94. The van der Waals surface area contributed by atoms with Crippen LogP contribution in [0.5, 0.6) is 5.75 Å². The Morgan fingerprint density at radius 2 is 2.05 bits per heavy atom. The zero-order valence-corrected chi connectivity index (χ0v) is 13.9. The van der Waals surface area contributed by atoms with Crippen LogP contribution in [0.1, 0.15) is 10.4 Å². The number of carbonyl (C=O) groups excluding carboxylic acids is 1. The van der Waals surface area contributed by atoms with Crippen molar-refractivity contribution in [3.8, 4) is 5.75 Å². The van der Waals surface area contributed by atoms with Gasteiger partial charge in [-0.2, -0.15) is 0 Å². The molecule has 1 aromatic carbocycles. The Kier molecular flexibility index (Phi) is 5.97. The van der Waals surface area contributed by atoms with Gasteiger partial charge in [0.2, 0.25) is 10.0 Å². The Hall–Kier alpha value is -1.12. The van der Waals surface area contributed by atoms with Crippen LogP contribution in [0.3, 0.4) is 0 Å². The molecule has 8 heteroatoms. The largest absolute Gasteiger partial charge is 0.496 e. The molecule has 112 valence electrons. The van der Waals surface area contributed by atoms with Crippen LogP contribution in [0.15, 0.2) is 22.7 Å². The predicted octanol–water partition coefficient (Wildman–Crippen LogP) is 1.08. The SMILES string of the molecule is COc1cc(Br)ccc1C(=O)NCCS(=O)(=O)N(C)C. The van der Waals surface area contributed by atoms with Crippen molar-refractivity contribution in [1.82, 2.24) is 9.62 Å². The number of methoxy groups -OCH3 is 1. The third-order valence-electron chi connectivity index (χ3n) is 2.61. The maximum absolute atomic E-state index is 12.0. The molecule has 0 aliphatic rings. The summed E-state index contributed by atoms with van der Waals surface area (Å²) in [6.07, 6.45) is 0. The van der Waals surface area contributed by atoms with Gasteiger partial charge in [0.25, 0.3) is 5.91 Å². The van der Waals surface area contributed by atoms with Crippen LogP contribution in [0.2, 0.25) is 0 Å². The molecule has 6 nitrogen and oxygen atoms in total. The van der Waals surface area contributed by atoms with Crippen molar-refractivity contribution in [2.45, 2.75) is 0 Å². The number of hydrogen-bond acceptors (Lipinski definition) is 4. The first-order chi connectivity index (χ1) is 9.27. The molecule has 0 fully saturated rings. The number of amides is 1. The van der Waals surface area contributed by atoms with Crippen molar-refractivity contribution in [2.75, 3.05) is 33.5 Å². The van der Waals surface area contributed by atoms with Crippen molar-refractivity contribution >= 4 is 31.9 Å². The molecule has 1 rings (SSSR count). The van der Waals surface area contributed by atoms with Crippen LogP contribution in [-0.4, -0.2) is 52.1 Å². The highest BCUT2D eigenvalue weighted by Gasteiger charge is 2.16. The van der Waals surface area contributed by atoms with Gasteiger partial charge in [-0.1, -0.05) is 15.9 Å². The van der Waals surface area contributed by atoms with Gasteiger partial charge >= 0.3 is 0 Å². The van der Waals surface area contributed by atoms with Crippen LogP contribution >= 0.6 is 15.9 Å². The van der Waals surface area contributed by atoms with Crippen molar-refractivity contribution in [1.29, 1.82) is 0 Å². The molecule has 0 aromatic heterocycles. The highest BCUT2D eigenvalue weighted by molar-refractivity contribution is 9.10. The first-order valence-electron chi connectivity index (χ1n) is 5.80. The maximum atomic E-state index is 12.0. The third kappa shape index (κ3) is 4.46. The first kappa shape index (κ1) is 16.9. The van der Waals surface area contributed by atoms with E-state index in [1.807, 2.05) is 0 Å². The summed E-state index contributed by atoms with van der Waals surface area (Å²) in [5.74, 6) is -0.0967. The van der Waals surface area contributed by atoms with E-state index in [4.69, 9.17) is 4.74 Å². The molecule has 0 spiro atoms. The Bertz CT molecular complexity index is 587. The lowest BCUT2D eigenvalue weighted by atomic mass is 10.2.